The number of carbonyl (C=O) groups is 1. The second kappa shape index (κ2) is 5.91. The van der Waals surface area contributed by atoms with E-state index in [2.05, 4.69) is 42.5 Å². The van der Waals surface area contributed by atoms with Gasteiger partial charge in [-0.3, -0.25) is 0 Å². The van der Waals surface area contributed by atoms with Gasteiger partial charge in [0, 0.05) is 0 Å². The number of esters is 1. The lowest BCUT2D eigenvalue weighted by atomic mass is 9.97. The van der Waals surface area contributed by atoms with E-state index in [9.17, 15) is 4.79 Å². The van der Waals surface area contributed by atoms with Crippen LogP contribution in [0.4, 0.5) is 0 Å². The molecule has 1 aliphatic rings. The first-order valence-corrected chi connectivity index (χ1v) is 8.37. The lowest BCUT2D eigenvalue weighted by Crippen LogP contribution is -2.43. The van der Waals surface area contributed by atoms with Gasteiger partial charge in [-0.05, 0) is 59.0 Å². The molecule has 3 aromatic rings. The summed E-state index contributed by atoms with van der Waals surface area (Å²) in [5, 5.41) is 4.79. The summed E-state index contributed by atoms with van der Waals surface area (Å²) in [4.78, 5) is 12.0. The monoisotopic (exact) mass is 320 g/mol. The minimum absolute atomic E-state index is 0.251. The molecule has 4 rings (SSSR count). The van der Waals surface area contributed by atoms with Gasteiger partial charge in [-0.25, -0.2) is 4.79 Å². The fraction of sp³-hybridized carbons (Fsp3) is 0.286. The molecular weight excluding hydrogens is 300 g/mol. The van der Waals surface area contributed by atoms with Gasteiger partial charge in [0.25, 0.3) is 0 Å². The topological polar surface area (TPSA) is 35.5 Å². The number of fused-ring (bicyclic) bond motifs is 2. The van der Waals surface area contributed by atoms with Gasteiger partial charge in [-0.2, -0.15) is 0 Å². The first kappa shape index (κ1) is 15.2. The summed E-state index contributed by atoms with van der Waals surface area (Å²) in [5.74, 6) is -0.251. The number of hydrogen-bond donors (Lipinski definition) is 0. The highest BCUT2D eigenvalue weighted by Crippen LogP contribution is 2.29. The molecule has 0 bridgehead atoms. The minimum atomic E-state index is -0.836. The molecule has 0 radical (unpaired) electrons. The first-order chi connectivity index (χ1) is 11.7. The highest BCUT2D eigenvalue weighted by atomic mass is 16.6. The predicted octanol–water partition coefficient (Wildman–Crippen LogP) is 4.61. The van der Waals surface area contributed by atoms with Gasteiger partial charge in [0.15, 0.2) is 5.60 Å². The van der Waals surface area contributed by atoms with Crippen molar-refractivity contribution in [1.82, 2.24) is 0 Å². The number of ether oxygens (including phenoxy) is 2. The zero-order chi connectivity index (χ0) is 16.6. The molecule has 1 unspecified atom stereocenters. The van der Waals surface area contributed by atoms with E-state index in [-0.39, 0.29) is 5.97 Å². The molecule has 0 N–H and O–H groups in total. The van der Waals surface area contributed by atoms with Crippen molar-refractivity contribution >= 4 is 27.5 Å². The van der Waals surface area contributed by atoms with Gasteiger partial charge in [-0.15, -0.1) is 0 Å². The van der Waals surface area contributed by atoms with E-state index in [4.69, 9.17) is 9.47 Å². The van der Waals surface area contributed by atoms with Crippen molar-refractivity contribution in [1.29, 1.82) is 0 Å². The SMILES string of the molecule is CC1(OCc2cccc3cc4ccccc4cc23)CCCOC1=O. The first-order valence-electron chi connectivity index (χ1n) is 8.37. The quantitative estimate of drug-likeness (QED) is 0.522. The van der Waals surface area contributed by atoms with Gasteiger partial charge < -0.3 is 9.47 Å². The highest BCUT2D eigenvalue weighted by molar-refractivity contribution is 5.99. The van der Waals surface area contributed by atoms with Crippen molar-refractivity contribution in [2.24, 2.45) is 0 Å². The maximum atomic E-state index is 12.0. The lowest BCUT2D eigenvalue weighted by molar-refractivity contribution is -0.181. The Bertz CT molecular complexity index is 915. The zero-order valence-electron chi connectivity index (χ0n) is 13.7. The molecule has 3 nitrogen and oxygen atoms in total. The Labute approximate surface area is 141 Å². The molecule has 3 heteroatoms. The van der Waals surface area contributed by atoms with Crippen LogP contribution < -0.4 is 0 Å². The largest absolute Gasteiger partial charge is 0.464 e. The van der Waals surface area contributed by atoms with E-state index in [0.717, 1.165) is 12.0 Å². The maximum Gasteiger partial charge on any atom is 0.338 e. The van der Waals surface area contributed by atoms with Crippen LogP contribution in [-0.2, 0) is 20.9 Å². The van der Waals surface area contributed by atoms with Crippen molar-refractivity contribution in [2.45, 2.75) is 32.0 Å². The van der Waals surface area contributed by atoms with E-state index in [1.807, 2.05) is 19.1 Å². The summed E-state index contributed by atoms with van der Waals surface area (Å²) in [5.41, 5.74) is 0.259. The number of rotatable bonds is 3. The number of hydrogen-bond acceptors (Lipinski definition) is 3. The van der Waals surface area contributed by atoms with Crippen molar-refractivity contribution in [3.8, 4) is 0 Å². The van der Waals surface area contributed by atoms with E-state index in [1.165, 1.54) is 21.5 Å². The van der Waals surface area contributed by atoms with Crippen LogP contribution in [0.25, 0.3) is 21.5 Å². The molecule has 0 aliphatic carbocycles. The second-order valence-corrected chi connectivity index (χ2v) is 6.60. The Balaban J connectivity index is 1.69. The van der Waals surface area contributed by atoms with Gasteiger partial charge in [-0.1, -0.05) is 42.5 Å². The zero-order valence-corrected chi connectivity index (χ0v) is 13.7. The molecule has 1 saturated heterocycles. The Morgan fingerprint density at radius 1 is 1.04 bits per heavy atom. The molecular formula is C21H20O3. The summed E-state index contributed by atoms with van der Waals surface area (Å²) < 4.78 is 11.2. The number of carbonyl (C=O) groups excluding carboxylic acids is 1. The van der Waals surface area contributed by atoms with Crippen molar-refractivity contribution in [2.75, 3.05) is 6.61 Å². The van der Waals surface area contributed by atoms with Crippen molar-refractivity contribution in [3.63, 3.8) is 0 Å². The van der Waals surface area contributed by atoms with Crippen LogP contribution in [0.3, 0.4) is 0 Å². The molecule has 0 amide bonds. The van der Waals surface area contributed by atoms with Crippen LogP contribution in [-0.4, -0.2) is 18.2 Å². The molecule has 0 saturated carbocycles. The molecule has 24 heavy (non-hydrogen) atoms. The molecule has 122 valence electrons. The average molecular weight is 320 g/mol. The van der Waals surface area contributed by atoms with Gasteiger partial charge in [0.05, 0.1) is 13.2 Å². The molecule has 1 aliphatic heterocycles. The lowest BCUT2D eigenvalue weighted by Gasteiger charge is -2.31. The summed E-state index contributed by atoms with van der Waals surface area (Å²) in [6.45, 7) is 2.73. The summed E-state index contributed by atoms with van der Waals surface area (Å²) in [6.07, 6.45) is 1.56. The molecule has 1 atom stereocenters. The Kier molecular flexibility index (Phi) is 3.73. The van der Waals surface area contributed by atoms with Crippen LogP contribution in [0.15, 0.2) is 54.6 Å². The van der Waals surface area contributed by atoms with Crippen molar-refractivity contribution < 1.29 is 14.3 Å². The molecule has 0 spiro atoms. The third-order valence-corrected chi connectivity index (χ3v) is 4.85. The molecule has 0 aromatic heterocycles. The standard InChI is InChI=1S/C21H20O3/c1-21(10-5-11-23-20(21)22)24-14-18-9-4-8-17-12-15-6-2-3-7-16(15)13-19(17)18/h2-4,6-9,12-13H,5,10-11,14H2,1H3. The Morgan fingerprint density at radius 3 is 2.58 bits per heavy atom. The van der Waals surface area contributed by atoms with E-state index >= 15 is 0 Å². The van der Waals surface area contributed by atoms with Crippen LogP contribution in [0.1, 0.15) is 25.3 Å². The molecule has 1 heterocycles. The fourth-order valence-electron chi connectivity index (χ4n) is 3.35. The van der Waals surface area contributed by atoms with E-state index in [1.54, 1.807) is 0 Å². The van der Waals surface area contributed by atoms with E-state index in [0.29, 0.717) is 19.6 Å². The van der Waals surface area contributed by atoms with Crippen LogP contribution in [0.2, 0.25) is 0 Å². The third-order valence-electron chi connectivity index (χ3n) is 4.85. The Hall–Kier alpha value is -2.39. The van der Waals surface area contributed by atoms with E-state index < -0.39 is 5.60 Å². The Morgan fingerprint density at radius 2 is 1.79 bits per heavy atom. The summed E-state index contributed by atoms with van der Waals surface area (Å²) >= 11 is 0. The maximum absolute atomic E-state index is 12.0. The average Bonchev–Trinajstić information content (AvgIpc) is 2.61. The second-order valence-electron chi connectivity index (χ2n) is 6.60. The van der Waals surface area contributed by atoms with Gasteiger partial charge in [0.1, 0.15) is 0 Å². The van der Waals surface area contributed by atoms with Gasteiger partial charge in [0.2, 0.25) is 0 Å². The summed E-state index contributed by atoms with van der Waals surface area (Å²) in [6, 6.07) is 19.0. The van der Waals surface area contributed by atoms with Gasteiger partial charge >= 0.3 is 5.97 Å². The minimum Gasteiger partial charge on any atom is -0.464 e. The fourth-order valence-corrected chi connectivity index (χ4v) is 3.35. The van der Waals surface area contributed by atoms with Crippen LogP contribution >= 0.6 is 0 Å². The van der Waals surface area contributed by atoms with Crippen LogP contribution in [0, 0.1) is 0 Å². The van der Waals surface area contributed by atoms with Crippen LogP contribution in [0.5, 0.6) is 0 Å². The normalized spacial score (nSPS) is 21.1. The number of benzene rings is 3. The summed E-state index contributed by atoms with van der Waals surface area (Å²) in [7, 11) is 0. The molecule has 3 aromatic carbocycles. The predicted molar refractivity (Wildman–Crippen MR) is 94.8 cm³/mol. The molecule has 1 fully saturated rings. The highest BCUT2D eigenvalue weighted by Gasteiger charge is 2.38. The third kappa shape index (κ3) is 2.65. The van der Waals surface area contributed by atoms with Crippen molar-refractivity contribution in [3.05, 3.63) is 60.2 Å². The number of cyclic esters (lactones) is 1. The smallest absolute Gasteiger partial charge is 0.338 e.